The molecule has 0 amide bonds. The number of carbonyl (C=O) groups is 1. The summed E-state index contributed by atoms with van der Waals surface area (Å²) in [4.78, 5) is 15.3. The molecule has 2 aromatic rings. The lowest BCUT2D eigenvalue weighted by Crippen LogP contribution is -2.02. The van der Waals surface area contributed by atoms with Crippen LogP contribution in [0.1, 0.15) is 35.0 Å². The fourth-order valence-corrected chi connectivity index (χ4v) is 1.90. The predicted molar refractivity (Wildman–Crippen MR) is 76.4 cm³/mol. The maximum atomic E-state index is 11.1. The van der Waals surface area contributed by atoms with Crippen LogP contribution < -0.4 is 4.74 Å². The lowest BCUT2D eigenvalue weighted by Gasteiger charge is -2.09. The minimum Gasteiger partial charge on any atom is -0.477 e. The van der Waals surface area contributed by atoms with Gasteiger partial charge in [0.25, 0.3) is 0 Å². The number of hydrogen-bond donors (Lipinski definition) is 1. The van der Waals surface area contributed by atoms with Crippen LogP contribution in [-0.4, -0.2) is 16.1 Å². The molecule has 1 heterocycles. The van der Waals surface area contributed by atoms with Crippen LogP contribution in [0.25, 0.3) is 0 Å². The van der Waals surface area contributed by atoms with Gasteiger partial charge in [0.05, 0.1) is 0 Å². The molecule has 0 spiro atoms. The third kappa shape index (κ3) is 3.35. The number of benzene rings is 1. The summed E-state index contributed by atoms with van der Waals surface area (Å²) in [5.41, 5.74) is 2.01. The summed E-state index contributed by atoms with van der Waals surface area (Å²) in [5, 5.41) is 9.13. The SMILES string of the molecule is CCCc1ccc(Oc2nc(C)ccc2C(=O)O)cc1. The Bertz CT molecular complexity index is 606. The number of aryl methyl sites for hydroxylation is 2. The molecule has 0 aliphatic carbocycles. The van der Waals surface area contributed by atoms with Gasteiger partial charge in [-0.3, -0.25) is 0 Å². The average molecular weight is 271 g/mol. The molecule has 0 aliphatic rings. The van der Waals surface area contributed by atoms with E-state index in [1.54, 1.807) is 13.0 Å². The van der Waals surface area contributed by atoms with Gasteiger partial charge in [-0.2, -0.15) is 0 Å². The second-order valence-electron chi connectivity index (χ2n) is 4.61. The van der Waals surface area contributed by atoms with Crippen molar-refractivity contribution in [3.63, 3.8) is 0 Å². The maximum Gasteiger partial charge on any atom is 0.341 e. The number of carboxylic acids is 1. The summed E-state index contributed by atoms with van der Waals surface area (Å²) >= 11 is 0. The summed E-state index contributed by atoms with van der Waals surface area (Å²) in [7, 11) is 0. The van der Waals surface area contributed by atoms with Gasteiger partial charge in [0.15, 0.2) is 0 Å². The molecule has 1 N–H and O–H groups in total. The molecule has 0 unspecified atom stereocenters. The van der Waals surface area contributed by atoms with Crippen molar-refractivity contribution in [1.29, 1.82) is 0 Å². The minimum atomic E-state index is -1.05. The molecular weight excluding hydrogens is 254 g/mol. The Morgan fingerprint density at radius 3 is 2.50 bits per heavy atom. The number of nitrogens with zero attached hydrogens (tertiary/aromatic N) is 1. The summed E-state index contributed by atoms with van der Waals surface area (Å²) in [6.07, 6.45) is 2.10. The average Bonchev–Trinajstić information content (AvgIpc) is 2.41. The molecule has 2 rings (SSSR count). The van der Waals surface area contributed by atoms with Gasteiger partial charge in [-0.05, 0) is 43.2 Å². The second kappa shape index (κ2) is 6.19. The first kappa shape index (κ1) is 14.1. The van der Waals surface area contributed by atoms with Crippen LogP contribution in [0.2, 0.25) is 0 Å². The highest BCUT2D eigenvalue weighted by Crippen LogP contribution is 2.24. The van der Waals surface area contributed by atoms with Crippen molar-refractivity contribution in [2.24, 2.45) is 0 Å². The molecule has 4 heteroatoms. The van der Waals surface area contributed by atoms with Gasteiger partial charge in [-0.1, -0.05) is 25.5 Å². The molecule has 1 aromatic carbocycles. The van der Waals surface area contributed by atoms with Crippen molar-refractivity contribution in [2.75, 3.05) is 0 Å². The number of aromatic nitrogens is 1. The summed E-state index contributed by atoms with van der Waals surface area (Å²) < 4.78 is 5.59. The third-order valence-electron chi connectivity index (χ3n) is 2.91. The van der Waals surface area contributed by atoms with Crippen molar-refractivity contribution < 1.29 is 14.6 Å². The number of carboxylic acid groups (broad SMARTS) is 1. The van der Waals surface area contributed by atoms with E-state index < -0.39 is 5.97 Å². The van der Waals surface area contributed by atoms with Crippen LogP contribution in [0, 0.1) is 6.92 Å². The Morgan fingerprint density at radius 2 is 1.90 bits per heavy atom. The maximum absolute atomic E-state index is 11.1. The van der Waals surface area contributed by atoms with Gasteiger partial charge in [0.1, 0.15) is 11.3 Å². The van der Waals surface area contributed by atoms with E-state index in [4.69, 9.17) is 9.84 Å². The quantitative estimate of drug-likeness (QED) is 0.897. The van der Waals surface area contributed by atoms with Gasteiger partial charge >= 0.3 is 5.97 Å². The lowest BCUT2D eigenvalue weighted by molar-refractivity contribution is 0.0693. The molecule has 1 aromatic heterocycles. The van der Waals surface area contributed by atoms with Crippen LogP contribution >= 0.6 is 0 Å². The van der Waals surface area contributed by atoms with E-state index in [1.807, 2.05) is 24.3 Å². The molecule has 0 aliphatic heterocycles. The number of hydrogen-bond acceptors (Lipinski definition) is 3. The zero-order valence-electron chi connectivity index (χ0n) is 11.6. The largest absolute Gasteiger partial charge is 0.477 e. The topological polar surface area (TPSA) is 59.4 Å². The Labute approximate surface area is 118 Å². The van der Waals surface area contributed by atoms with E-state index in [1.165, 1.54) is 11.6 Å². The van der Waals surface area contributed by atoms with E-state index in [9.17, 15) is 4.79 Å². The molecule has 104 valence electrons. The van der Waals surface area contributed by atoms with Crippen LogP contribution in [0.15, 0.2) is 36.4 Å². The highest BCUT2D eigenvalue weighted by atomic mass is 16.5. The zero-order chi connectivity index (χ0) is 14.5. The minimum absolute atomic E-state index is 0.0632. The molecule has 0 bridgehead atoms. The summed E-state index contributed by atoms with van der Waals surface area (Å²) in [5.74, 6) is -0.332. The number of ether oxygens (including phenoxy) is 1. The second-order valence-corrected chi connectivity index (χ2v) is 4.61. The number of rotatable bonds is 5. The molecule has 0 fully saturated rings. The first-order valence-electron chi connectivity index (χ1n) is 6.58. The van der Waals surface area contributed by atoms with Crippen LogP contribution in [0.5, 0.6) is 11.6 Å². The zero-order valence-corrected chi connectivity index (χ0v) is 11.6. The highest BCUT2D eigenvalue weighted by Gasteiger charge is 2.13. The molecule has 0 saturated carbocycles. The van der Waals surface area contributed by atoms with E-state index in [-0.39, 0.29) is 11.4 Å². The Morgan fingerprint density at radius 1 is 1.20 bits per heavy atom. The predicted octanol–water partition coefficient (Wildman–Crippen LogP) is 3.83. The van der Waals surface area contributed by atoms with Crippen molar-refractivity contribution in [1.82, 2.24) is 4.98 Å². The van der Waals surface area contributed by atoms with Crippen LogP contribution in [0.4, 0.5) is 0 Å². The number of pyridine rings is 1. The van der Waals surface area contributed by atoms with Gasteiger partial charge in [0.2, 0.25) is 5.88 Å². The molecule has 0 saturated heterocycles. The molecular formula is C16H17NO3. The lowest BCUT2D eigenvalue weighted by atomic mass is 10.1. The van der Waals surface area contributed by atoms with E-state index in [0.29, 0.717) is 11.4 Å². The third-order valence-corrected chi connectivity index (χ3v) is 2.91. The Hall–Kier alpha value is -2.36. The van der Waals surface area contributed by atoms with E-state index in [0.717, 1.165) is 12.8 Å². The van der Waals surface area contributed by atoms with Gasteiger partial charge in [0, 0.05) is 5.69 Å². The monoisotopic (exact) mass is 271 g/mol. The molecule has 0 atom stereocenters. The van der Waals surface area contributed by atoms with Gasteiger partial charge in [-0.15, -0.1) is 0 Å². The first-order valence-corrected chi connectivity index (χ1v) is 6.58. The smallest absolute Gasteiger partial charge is 0.341 e. The first-order chi connectivity index (χ1) is 9.60. The number of aromatic carboxylic acids is 1. The Balaban J connectivity index is 2.25. The Kier molecular flexibility index (Phi) is 4.35. The fraction of sp³-hybridized carbons (Fsp3) is 0.250. The van der Waals surface area contributed by atoms with Crippen LogP contribution in [-0.2, 0) is 6.42 Å². The van der Waals surface area contributed by atoms with E-state index >= 15 is 0 Å². The normalized spacial score (nSPS) is 10.3. The summed E-state index contributed by atoms with van der Waals surface area (Å²) in [6, 6.07) is 10.8. The molecule has 0 radical (unpaired) electrons. The van der Waals surface area contributed by atoms with Crippen molar-refractivity contribution in [2.45, 2.75) is 26.7 Å². The highest BCUT2D eigenvalue weighted by molar-refractivity contribution is 5.90. The van der Waals surface area contributed by atoms with Crippen molar-refractivity contribution in [3.05, 3.63) is 53.2 Å². The standard InChI is InChI=1S/C16H17NO3/c1-3-4-12-6-8-13(9-7-12)20-15-14(16(18)19)10-5-11(2)17-15/h5-10H,3-4H2,1-2H3,(H,18,19). The van der Waals surface area contributed by atoms with Crippen molar-refractivity contribution in [3.8, 4) is 11.6 Å². The van der Waals surface area contributed by atoms with Crippen LogP contribution in [0.3, 0.4) is 0 Å². The molecule has 20 heavy (non-hydrogen) atoms. The van der Waals surface area contributed by atoms with E-state index in [2.05, 4.69) is 11.9 Å². The van der Waals surface area contributed by atoms with Crippen molar-refractivity contribution >= 4 is 5.97 Å². The van der Waals surface area contributed by atoms with Gasteiger partial charge in [-0.25, -0.2) is 9.78 Å². The fourth-order valence-electron chi connectivity index (χ4n) is 1.90. The van der Waals surface area contributed by atoms with Gasteiger partial charge < -0.3 is 9.84 Å². The summed E-state index contributed by atoms with van der Waals surface area (Å²) in [6.45, 7) is 3.92. The molecule has 4 nitrogen and oxygen atoms in total.